The molecule has 2 atom stereocenters. The zero-order valence-electron chi connectivity index (χ0n) is 19.3. The third-order valence-corrected chi connectivity index (χ3v) is 7.34. The SMILES string of the molecule is CCOc1ccc(CN(C)C(=O)COC(=O)C23CC4CC(CC(NC(C)=O)(C4)C2)C3)cc1. The first-order valence-electron chi connectivity index (χ1n) is 11.6. The Morgan fingerprint density at radius 2 is 1.75 bits per heavy atom. The van der Waals surface area contributed by atoms with E-state index >= 15 is 0 Å². The molecule has 0 radical (unpaired) electrons. The van der Waals surface area contributed by atoms with Crippen LogP contribution in [0.25, 0.3) is 0 Å². The number of nitrogens with zero attached hydrogens (tertiary/aromatic N) is 1. The molecule has 7 nitrogen and oxygen atoms in total. The van der Waals surface area contributed by atoms with Gasteiger partial charge < -0.3 is 19.7 Å². The van der Waals surface area contributed by atoms with Crippen molar-refractivity contribution >= 4 is 17.8 Å². The highest BCUT2D eigenvalue weighted by molar-refractivity contribution is 5.83. The number of nitrogens with one attached hydrogen (secondary N) is 1. The lowest BCUT2D eigenvalue weighted by atomic mass is 9.47. The minimum atomic E-state index is -0.569. The van der Waals surface area contributed by atoms with Gasteiger partial charge in [0, 0.05) is 26.1 Å². The fourth-order valence-electron chi connectivity index (χ4n) is 6.63. The Morgan fingerprint density at radius 1 is 1.09 bits per heavy atom. The van der Waals surface area contributed by atoms with Crippen LogP contribution in [0.5, 0.6) is 5.75 Å². The van der Waals surface area contributed by atoms with Crippen molar-refractivity contribution in [2.75, 3.05) is 20.3 Å². The van der Waals surface area contributed by atoms with E-state index in [0.717, 1.165) is 43.4 Å². The molecule has 1 aromatic carbocycles. The molecular weight excluding hydrogens is 408 g/mol. The summed E-state index contributed by atoms with van der Waals surface area (Å²) in [5.41, 5.74) is 0.123. The van der Waals surface area contributed by atoms with E-state index in [-0.39, 0.29) is 29.9 Å². The average Bonchev–Trinajstić information content (AvgIpc) is 2.71. The molecular formula is C25H34N2O5. The summed E-state index contributed by atoms with van der Waals surface area (Å²) in [6, 6.07) is 7.62. The summed E-state index contributed by atoms with van der Waals surface area (Å²) in [7, 11) is 1.71. The van der Waals surface area contributed by atoms with Crippen molar-refractivity contribution in [1.29, 1.82) is 0 Å². The van der Waals surface area contributed by atoms with Gasteiger partial charge in [0.05, 0.1) is 12.0 Å². The lowest BCUT2D eigenvalue weighted by Crippen LogP contribution is -2.64. The highest BCUT2D eigenvalue weighted by atomic mass is 16.5. The van der Waals surface area contributed by atoms with Crippen molar-refractivity contribution < 1.29 is 23.9 Å². The Kier molecular flexibility index (Phi) is 6.19. The molecule has 5 rings (SSSR count). The number of likely N-dealkylation sites (N-methyl/N-ethyl adjacent to an activating group) is 1. The molecule has 1 aromatic rings. The van der Waals surface area contributed by atoms with Gasteiger partial charge >= 0.3 is 5.97 Å². The number of ether oxygens (including phenoxy) is 2. The van der Waals surface area contributed by atoms with Gasteiger partial charge in [0.25, 0.3) is 5.91 Å². The van der Waals surface area contributed by atoms with Gasteiger partial charge in [0.1, 0.15) is 5.75 Å². The molecule has 4 aliphatic carbocycles. The number of hydrogen-bond donors (Lipinski definition) is 1. The molecule has 0 aromatic heterocycles. The van der Waals surface area contributed by atoms with Crippen LogP contribution in [0.15, 0.2) is 24.3 Å². The van der Waals surface area contributed by atoms with E-state index in [1.165, 1.54) is 0 Å². The van der Waals surface area contributed by atoms with Crippen LogP contribution in [-0.4, -0.2) is 48.5 Å². The summed E-state index contributed by atoms with van der Waals surface area (Å²) in [5.74, 6) is 1.13. The van der Waals surface area contributed by atoms with E-state index in [1.807, 2.05) is 31.2 Å². The average molecular weight is 443 g/mol. The number of carbonyl (C=O) groups excluding carboxylic acids is 3. The maximum absolute atomic E-state index is 13.2. The second-order valence-electron chi connectivity index (χ2n) is 10.1. The zero-order valence-corrected chi connectivity index (χ0v) is 19.3. The highest BCUT2D eigenvalue weighted by Gasteiger charge is 2.61. The Balaban J connectivity index is 1.34. The molecule has 7 heteroatoms. The molecule has 4 saturated carbocycles. The van der Waals surface area contributed by atoms with E-state index in [0.29, 0.717) is 31.4 Å². The molecule has 0 saturated heterocycles. The minimum absolute atomic E-state index is 0.0402. The van der Waals surface area contributed by atoms with Crippen molar-refractivity contribution in [3.05, 3.63) is 29.8 Å². The minimum Gasteiger partial charge on any atom is -0.494 e. The highest BCUT2D eigenvalue weighted by Crippen LogP contribution is 2.62. The lowest BCUT2D eigenvalue weighted by Gasteiger charge is -2.60. The van der Waals surface area contributed by atoms with Crippen LogP contribution < -0.4 is 10.1 Å². The molecule has 4 bridgehead atoms. The van der Waals surface area contributed by atoms with Gasteiger partial charge in [-0.2, -0.15) is 0 Å². The molecule has 0 heterocycles. The molecule has 1 N–H and O–H groups in total. The molecule has 4 fully saturated rings. The molecule has 2 unspecified atom stereocenters. The van der Waals surface area contributed by atoms with Crippen molar-refractivity contribution in [2.24, 2.45) is 17.3 Å². The monoisotopic (exact) mass is 442 g/mol. The Hall–Kier alpha value is -2.57. The van der Waals surface area contributed by atoms with Crippen molar-refractivity contribution in [1.82, 2.24) is 10.2 Å². The van der Waals surface area contributed by atoms with Gasteiger partial charge in [-0.25, -0.2) is 0 Å². The van der Waals surface area contributed by atoms with Crippen LogP contribution in [0.4, 0.5) is 0 Å². The second kappa shape index (κ2) is 8.75. The Bertz CT molecular complexity index is 867. The number of benzene rings is 1. The van der Waals surface area contributed by atoms with Crippen molar-refractivity contribution in [3.8, 4) is 5.75 Å². The number of carbonyl (C=O) groups is 3. The third kappa shape index (κ3) is 4.62. The van der Waals surface area contributed by atoms with Crippen LogP contribution in [0, 0.1) is 17.3 Å². The maximum atomic E-state index is 13.2. The molecule has 4 aliphatic rings. The summed E-state index contributed by atoms with van der Waals surface area (Å²) < 4.78 is 11.0. The third-order valence-electron chi connectivity index (χ3n) is 7.34. The smallest absolute Gasteiger partial charge is 0.312 e. The predicted octanol–water partition coefficient (Wildman–Crippen LogP) is 3.06. The number of rotatable bonds is 8. The summed E-state index contributed by atoms with van der Waals surface area (Å²) >= 11 is 0. The fraction of sp³-hybridized carbons (Fsp3) is 0.640. The maximum Gasteiger partial charge on any atom is 0.312 e. The van der Waals surface area contributed by atoms with Gasteiger partial charge in [0.15, 0.2) is 6.61 Å². The first kappa shape index (κ1) is 22.6. The van der Waals surface area contributed by atoms with Crippen molar-refractivity contribution in [2.45, 2.75) is 64.5 Å². The predicted molar refractivity (Wildman–Crippen MR) is 119 cm³/mol. The summed E-state index contributed by atoms with van der Waals surface area (Å²) in [6.07, 6.45) is 5.26. The second-order valence-corrected chi connectivity index (χ2v) is 10.1. The van der Waals surface area contributed by atoms with Gasteiger partial charge in [0.2, 0.25) is 5.91 Å². The first-order valence-corrected chi connectivity index (χ1v) is 11.6. The molecule has 0 spiro atoms. The zero-order chi connectivity index (χ0) is 22.9. The van der Waals surface area contributed by atoms with Crippen LogP contribution in [0.2, 0.25) is 0 Å². The van der Waals surface area contributed by atoms with Gasteiger partial charge in [-0.05, 0) is 75.0 Å². The van der Waals surface area contributed by atoms with E-state index in [2.05, 4.69) is 5.32 Å². The number of amides is 2. The lowest BCUT2D eigenvalue weighted by molar-refractivity contribution is -0.178. The molecule has 0 aliphatic heterocycles. The molecule has 32 heavy (non-hydrogen) atoms. The normalized spacial score (nSPS) is 30.0. The van der Waals surface area contributed by atoms with Gasteiger partial charge in [-0.1, -0.05) is 12.1 Å². The van der Waals surface area contributed by atoms with Crippen LogP contribution in [0.3, 0.4) is 0 Å². The topological polar surface area (TPSA) is 84.9 Å². The van der Waals surface area contributed by atoms with E-state index in [1.54, 1.807) is 18.9 Å². The number of hydrogen-bond acceptors (Lipinski definition) is 5. The van der Waals surface area contributed by atoms with Gasteiger partial charge in [-0.3, -0.25) is 14.4 Å². The number of esters is 1. The molecule has 174 valence electrons. The standard InChI is InChI=1S/C25H34N2O5/c1-4-31-21-7-5-18(6-8-21)14-27(3)22(29)15-32-23(30)24-10-19-9-20(11-24)13-25(12-19,16-24)26-17(2)28/h5-8,19-20H,4,9-16H2,1-3H3,(H,26,28). The molecule has 2 amide bonds. The van der Waals surface area contributed by atoms with Crippen LogP contribution >= 0.6 is 0 Å². The largest absolute Gasteiger partial charge is 0.494 e. The first-order chi connectivity index (χ1) is 15.2. The summed E-state index contributed by atoms with van der Waals surface area (Å²) in [4.78, 5) is 39.2. The Labute approximate surface area is 189 Å². The van der Waals surface area contributed by atoms with Gasteiger partial charge in [-0.15, -0.1) is 0 Å². The van der Waals surface area contributed by atoms with E-state index in [9.17, 15) is 14.4 Å². The summed E-state index contributed by atoms with van der Waals surface area (Å²) in [5, 5.41) is 3.16. The quantitative estimate of drug-likeness (QED) is 0.626. The van der Waals surface area contributed by atoms with Crippen molar-refractivity contribution in [3.63, 3.8) is 0 Å². The van der Waals surface area contributed by atoms with E-state index < -0.39 is 5.41 Å². The van der Waals surface area contributed by atoms with E-state index in [4.69, 9.17) is 9.47 Å². The van der Waals surface area contributed by atoms with Crippen LogP contribution in [0.1, 0.15) is 57.9 Å². The fourth-order valence-corrected chi connectivity index (χ4v) is 6.63. The van der Waals surface area contributed by atoms with Crippen LogP contribution in [-0.2, 0) is 25.7 Å². The summed E-state index contributed by atoms with van der Waals surface area (Å²) in [6.45, 7) is 4.27. The Morgan fingerprint density at radius 3 is 2.34 bits per heavy atom.